The Morgan fingerprint density at radius 3 is 1.77 bits per heavy atom. The van der Waals surface area contributed by atoms with Gasteiger partial charge < -0.3 is 30.1 Å². The SMILES string of the molecule is CCCCCCCCCCCCCCCCOC1O[C@H](CO)[C@@H](O)[C@H](O)[C@H]1NC(C)=O. The second-order valence-corrected chi connectivity index (χ2v) is 8.90. The molecule has 5 atom stereocenters. The lowest BCUT2D eigenvalue weighted by Gasteiger charge is -2.42. The molecule has 0 aromatic carbocycles. The van der Waals surface area contributed by atoms with Gasteiger partial charge in [0.15, 0.2) is 6.29 Å². The lowest BCUT2D eigenvalue weighted by molar-refractivity contribution is -0.270. The number of aliphatic hydroxyl groups excluding tert-OH is 3. The summed E-state index contributed by atoms with van der Waals surface area (Å²) >= 11 is 0. The molecule has 31 heavy (non-hydrogen) atoms. The zero-order chi connectivity index (χ0) is 22.9. The van der Waals surface area contributed by atoms with Gasteiger partial charge in [-0.2, -0.15) is 0 Å². The first-order valence-corrected chi connectivity index (χ1v) is 12.5. The summed E-state index contributed by atoms with van der Waals surface area (Å²) < 4.78 is 11.3. The third-order valence-corrected chi connectivity index (χ3v) is 6.03. The normalized spacial score (nSPS) is 26.2. The Labute approximate surface area is 188 Å². The van der Waals surface area contributed by atoms with Gasteiger partial charge in [-0.3, -0.25) is 4.79 Å². The van der Waals surface area contributed by atoms with Crippen LogP contribution in [-0.4, -0.2) is 65.1 Å². The molecule has 1 fully saturated rings. The molecule has 1 rings (SSSR count). The van der Waals surface area contributed by atoms with E-state index in [1.54, 1.807) is 0 Å². The van der Waals surface area contributed by atoms with E-state index in [4.69, 9.17) is 9.47 Å². The number of nitrogens with one attached hydrogen (secondary N) is 1. The van der Waals surface area contributed by atoms with Crippen molar-refractivity contribution in [2.24, 2.45) is 0 Å². The molecule has 1 unspecified atom stereocenters. The summed E-state index contributed by atoms with van der Waals surface area (Å²) in [7, 11) is 0. The fraction of sp³-hybridized carbons (Fsp3) is 0.958. The molecule has 0 saturated carbocycles. The van der Waals surface area contributed by atoms with Crippen LogP contribution in [0.5, 0.6) is 0 Å². The molecule has 7 heteroatoms. The number of carbonyl (C=O) groups is 1. The minimum Gasteiger partial charge on any atom is -0.394 e. The second kappa shape index (κ2) is 17.8. The fourth-order valence-electron chi connectivity index (χ4n) is 4.11. The molecule has 0 aliphatic carbocycles. The fourth-order valence-corrected chi connectivity index (χ4v) is 4.11. The van der Waals surface area contributed by atoms with E-state index >= 15 is 0 Å². The molecule has 4 N–H and O–H groups in total. The Bertz CT molecular complexity index is 450. The number of ether oxygens (including phenoxy) is 2. The minimum absolute atomic E-state index is 0.340. The van der Waals surface area contributed by atoms with E-state index in [0.717, 1.165) is 12.8 Å². The van der Waals surface area contributed by atoms with Gasteiger partial charge in [0.05, 0.1) is 6.61 Å². The van der Waals surface area contributed by atoms with Gasteiger partial charge in [0.1, 0.15) is 24.4 Å². The van der Waals surface area contributed by atoms with E-state index in [2.05, 4.69) is 12.2 Å². The molecule has 1 amide bonds. The molecule has 7 nitrogen and oxygen atoms in total. The lowest BCUT2D eigenvalue weighted by atomic mass is 9.97. The Hall–Kier alpha value is -0.730. The van der Waals surface area contributed by atoms with Crippen LogP contribution < -0.4 is 5.32 Å². The van der Waals surface area contributed by atoms with Crippen molar-refractivity contribution in [2.75, 3.05) is 13.2 Å². The number of unbranched alkanes of at least 4 members (excludes halogenated alkanes) is 13. The van der Waals surface area contributed by atoms with Crippen molar-refractivity contribution in [3.63, 3.8) is 0 Å². The van der Waals surface area contributed by atoms with Crippen molar-refractivity contribution in [2.45, 2.75) is 134 Å². The molecule has 0 spiro atoms. The van der Waals surface area contributed by atoms with Gasteiger partial charge in [-0.1, -0.05) is 90.4 Å². The first-order chi connectivity index (χ1) is 15.0. The molecule has 0 bridgehead atoms. The predicted molar refractivity (Wildman–Crippen MR) is 122 cm³/mol. The molecule has 0 aromatic rings. The van der Waals surface area contributed by atoms with E-state index in [9.17, 15) is 20.1 Å². The minimum atomic E-state index is -1.28. The van der Waals surface area contributed by atoms with Crippen LogP contribution in [0.1, 0.15) is 104 Å². The summed E-state index contributed by atoms with van der Waals surface area (Å²) in [6, 6.07) is -0.859. The van der Waals surface area contributed by atoms with Gasteiger partial charge in [0.2, 0.25) is 5.91 Å². The molecule has 1 aliphatic heterocycles. The summed E-state index contributed by atoms with van der Waals surface area (Å²) in [4.78, 5) is 11.4. The van der Waals surface area contributed by atoms with E-state index in [-0.39, 0.29) is 5.91 Å². The van der Waals surface area contributed by atoms with Crippen molar-refractivity contribution in [1.82, 2.24) is 5.32 Å². The maximum atomic E-state index is 11.4. The summed E-state index contributed by atoms with van der Waals surface area (Å²) in [6.07, 6.45) is 13.6. The van der Waals surface area contributed by atoms with E-state index < -0.39 is 37.3 Å². The summed E-state index contributed by atoms with van der Waals surface area (Å²) in [5, 5.41) is 32.2. The van der Waals surface area contributed by atoms with Crippen molar-refractivity contribution in [3.05, 3.63) is 0 Å². The monoisotopic (exact) mass is 445 g/mol. The highest BCUT2D eigenvalue weighted by atomic mass is 16.7. The van der Waals surface area contributed by atoms with Crippen LogP contribution in [0.3, 0.4) is 0 Å². The van der Waals surface area contributed by atoms with Crippen molar-refractivity contribution < 1.29 is 29.6 Å². The third kappa shape index (κ3) is 12.2. The van der Waals surface area contributed by atoms with Gasteiger partial charge in [-0.25, -0.2) is 0 Å². The molecular weight excluding hydrogens is 398 g/mol. The van der Waals surface area contributed by atoms with Crippen LogP contribution in [-0.2, 0) is 14.3 Å². The lowest BCUT2D eigenvalue weighted by Crippen LogP contribution is -2.64. The molecule has 1 saturated heterocycles. The molecule has 0 aromatic heterocycles. The third-order valence-electron chi connectivity index (χ3n) is 6.03. The van der Waals surface area contributed by atoms with Gasteiger partial charge in [-0.15, -0.1) is 0 Å². The maximum absolute atomic E-state index is 11.4. The van der Waals surface area contributed by atoms with Gasteiger partial charge >= 0.3 is 0 Å². The molecule has 1 aliphatic rings. The molecule has 184 valence electrons. The van der Waals surface area contributed by atoms with E-state index in [1.807, 2.05) is 0 Å². The Kier molecular flexibility index (Phi) is 16.2. The maximum Gasteiger partial charge on any atom is 0.217 e. The standard InChI is InChI=1S/C24H47NO6/c1-3-4-5-6-7-8-9-10-11-12-13-14-15-16-17-30-24-21(25-19(2)27)23(29)22(28)20(18-26)31-24/h20-24,26,28-29H,3-18H2,1-2H3,(H,25,27)/t20-,21-,22-,23-,24?/m1/s1. The second-order valence-electron chi connectivity index (χ2n) is 8.90. The Morgan fingerprint density at radius 2 is 1.32 bits per heavy atom. The summed E-state index contributed by atoms with van der Waals surface area (Å²) in [6.45, 7) is 3.61. The number of hydrogen-bond acceptors (Lipinski definition) is 6. The zero-order valence-electron chi connectivity index (χ0n) is 19.8. The predicted octanol–water partition coefficient (Wildman–Crippen LogP) is 3.43. The number of carbonyl (C=O) groups excluding carboxylic acids is 1. The quantitative estimate of drug-likeness (QED) is 0.241. The van der Waals surface area contributed by atoms with Crippen LogP contribution in [0.15, 0.2) is 0 Å². The molecule has 1 heterocycles. The van der Waals surface area contributed by atoms with E-state index in [0.29, 0.717) is 6.61 Å². The average Bonchev–Trinajstić information content (AvgIpc) is 2.75. The highest BCUT2D eigenvalue weighted by molar-refractivity contribution is 5.73. The van der Waals surface area contributed by atoms with Crippen LogP contribution in [0.25, 0.3) is 0 Å². The van der Waals surface area contributed by atoms with Crippen LogP contribution in [0, 0.1) is 0 Å². The smallest absolute Gasteiger partial charge is 0.217 e. The first-order valence-electron chi connectivity index (χ1n) is 12.5. The average molecular weight is 446 g/mol. The Balaban J connectivity index is 2.07. The Morgan fingerprint density at radius 1 is 0.839 bits per heavy atom. The van der Waals surface area contributed by atoms with Gasteiger partial charge in [0.25, 0.3) is 0 Å². The number of aliphatic hydroxyl groups is 3. The van der Waals surface area contributed by atoms with Gasteiger partial charge in [-0.05, 0) is 6.42 Å². The molecular formula is C24H47NO6. The van der Waals surface area contributed by atoms with E-state index in [1.165, 1.54) is 84.0 Å². The highest BCUT2D eigenvalue weighted by Gasteiger charge is 2.45. The summed E-state index contributed by atoms with van der Waals surface area (Å²) in [5.74, 6) is -0.340. The van der Waals surface area contributed by atoms with Crippen molar-refractivity contribution in [3.8, 4) is 0 Å². The molecule has 0 radical (unpaired) electrons. The first kappa shape index (κ1) is 28.3. The summed E-state index contributed by atoms with van der Waals surface area (Å²) in [5.41, 5.74) is 0. The van der Waals surface area contributed by atoms with Crippen molar-refractivity contribution in [1.29, 1.82) is 0 Å². The van der Waals surface area contributed by atoms with Crippen LogP contribution in [0.4, 0.5) is 0 Å². The largest absolute Gasteiger partial charge is 0.394 e. The number of hydrogen-bond donors (Lipinski definition) is 4. The highest BCUT2D eigenvalue weighted by Crippen LogP contribution is 2.22. The topological polar surface area (TPSA) is 108 Å². The zero-order valence-corrected chi connectivity index (χ0v) is 19.8. The number of amides is 1. The number of rotatable bonds is 18. The van der Waals surface area contributed by atoms with Gasteiger partial charge in [0, 0.05) is 13.5 Å². The van der Waals surface area contributed by atoms with Crippen molar-refractivity contribution >= 4 is 5.91 Å². The van der Waals surface area contributed by atoms with Crippen LogP contribution >= 0.6 is 0 Å². The van der Waals surface area contributed by atoms with Crippen LogP contribution in [0.2, 0.25) is 0 Å².